The van der Waals surface area contributed by atoms with E-state index in [9.17, 15) is 9.59 Å². The molecule has 1 aromatic carbocycles. The summed E-state index contributed by atoms with van der Waals surface area (Å²) in [6.07, 6.45) is 1.55. The van der Waals surface area contributed by atoms with Crippen LogP contribution in [0.25, 0.3) is 0 Å². The first-order valence-corrected chi connectivity index (χ1v) is 11.7. The van der Waals surface area contributed by atoms with Gasteiger partial charge in [-0.3, -0.25) is 9.59 Å². The van der Waals surface area contributed by atoms with Crippen molar-refractivity contribution in [2.75, 3.05) is 43.1 Å². The van der Waals surface area contributed by atoms with Crippen molar-refractivity contribution in [2.45, 2.75) is 13.1 Å². The van der Waals surface area contributed by atoms with E-state index in [4.69, 9.17) is 13.6 Å². The number of ether oxygens (including phenoxy) is 1. The Morgan fingerprint density at radius 1 is 0.972 bits per heavy atom. The van der Waals surface area contributed by atoms with Crippen LogP contribution >= 0.6 is 0 Å². The summed E-state index contributed by atoms with van der Waals surface area (Å²) in [5.41, 5.74) is 0.825. The Bertz CT molecular complexity index is 1370. The van der Waals surface area contributed by atoms with Crippen molar-refractivity contribution in [3.63, 3.8) is 0 Å². The molecule has 0 unspecified atom stereocenters. The predicted octanol–water partition coefficient (Wildman–Crippen LogP) is 2.74. The normalized spacial score (nSPS) is 13.6. The van der Waals surface area contributed by atoms with Crippen LogP contribution < -0.4 is 25.4 Å². The average Bonchev–Trinajstić information content (AvgIpc) is 3.61. The van der Waals surface area contributed by atoms with E-state index < -0.39 is 0 Å². The molecule has 1 N–H and O–H groups in total. The van der Waals surface area contributed by atoms with E-state index in [1.165, 1.54) is 10.7 Å². The van der Waals surface area contributed by atoms with Gasteiger partial charge in [0, 0.05) is 32.2 Å². The van der Waals surface area contributed by atoms with Gasteiger partial charge >= 0.3 is 0 Å². The van der Waals surface area contributed by atoms with Gasteiger partial charge in [0.2, 0.25) is 0 Å². The summed E-state index contributed by atoms with van der Waals surface area (Å²) >= 11 is 0. The third-order valence-corrected chi connectivity index (χ3v) is 6.08. The zero-order chi connectivity index (χ0) is 24.9. The number of carbonyl (C=O) groups excluding carboxylic acids is 1. The minimum Gasteiger partial charge on any atom is -0.495 e. The number of para-hydroxylation sites is 2. The predicted molar refractivity (Wildman–Crippen MR) is 134 cm³/mol. The topological polar surface area (TPSA) is 106 Å². The van der Waals surface area contributed by atoms with Crippen molar-refractivity contribution in [1.82, 2.24) is 15.1 Å². The van der Waals surface area contributed by atoms with Crippen LogP contribution in [-0.2, 0) is 13.1 Å². The SMILES string of the molecule is COc1ccccc1N1CCN(c2ccc(=O)n(Cc3ccc(C(=O)NCc4ccco4)o3)n2)CC1. The molecular weight excluding hydrogens is 462 g/mol. The molecule has 4 heterocycles. The van der Waals surface area contributed by atoms with Crippen LogP contribution in [0.1, 0.15) is 22.1 Å². The van der Waals surface area contributed by atoms with Gasteiger partial charge in [0.25, 0.3) is 11.5 Å². The van der Waals surface area contributed by atoms with E-state index in [2.05, 4.69) is 26.3 Å². The molecule has 4 aromatic rings. The summed E-state index contributed by atoms with van der Waals surface area (Å²) in [6, 6.07) is 18.0. The smallest absolute Gasteiger partial charge is 0.287 e. The second kappa shape index (κ2) is 10.4. The molecule has 0 atom stereocenters. The number of nitrogens with zero attached hydrogens (tertiary/aromatic N) is 4. The number of piperazine rings is 1. The molecule has 1 saturated heterocycles. The summed E-state index contributed by atoms with van der Waals surface area (Å²) in [4.78, 5) is 29.3. The number of nitrogens with one attached hydrogen (secondary N) is 1. The van der Waals surface area contributed by atoms with Crippen LogP contribution in [0.2, 0.25) is 0 Å². The molecule has 10 nitrogen and oxygen atoms in total. The Morgan fingerprint density at radius 3 is 2.56 bits per heavy atom. The molecule has 0 aliphatic carbocycles. The highest BCUT2D eigenvalue weighted by atomic mass is 16.5. The van der Waals surface area contributed by atoms with Gasteiger partial charge in [-0.25, -0.2) is 4.68 Å². The van der Waals surface area contributed by atoms with Crippen molar-refractivity contribution < 1.29 is 18.4 Å². The molecule has 10 heteroatoms. The first kappa shape index (κ1) is 23.3. The number of benzene rings is 1. The molecule has 0 spiro atoms. The van der Waals surface area contributed by atoms with E-state index in [1.807, 2.05) is 18.2 Å². The quantitative estimate of drug-likeness (QED) is 0.403. The third kappa shape index (κ3) is 5.12. The maximum Gasteiger partial charge on any atom is 0.287 e. The fraction of sp³-hybridized carbons (Fsp3) is 0.269. The number of furan rings is 2. The lowest BCUT2D eigenvalue weighted by atomic mass is 10.2. The second-order valence-electron chi connectivity index (χ2n) is 8.36. The Kier molecular flexibility index (Phi) is 6.74. The standard InChI is InChI=1S/C26H27N5O5/c1-34-22-7-3-2-6-21(22)29-12-14-30(15-13-29)24-10-11-25(32)31(28-24)18-20-8-9-23(36-20)26(33)27-17-19-5-4-16-35-19/h2-11,16H,12-15,17-18H2,1H3,(H,27,33). The highest BCUT2D eigenvalue weighted by Crippen LogP contribution is 2.28. The summed E-state index contributed by atoms with van der Waals surface area (Å²) in [6.45, 7) is 3.49. The number of hydrogen-bond acceptors (Lipinski definition) is 8. The monoisotopic (exact) mass is 489 g/mol. The van der Waals surface area contributed by atoms with Crippen molar-refractivity contribution >= 4 is 17.4 Å². The molecule has 1 aliphatic rings. The highest BCUT2D eigenvalue weighted by Gasteiger charge is 2.21. The van der Waals surface area contributed by atoms with Gasteiger partial charge in [-0.05, 0) is 42.5 Å². The number of carbonyl (C=O) groups is 1. The molecule has 1 fully saturated rings. The Balaban J connectivity index is 1.22. The largest absolute Gasteiger partial charge is 0.495 e. The van der Waals surface area contributed by atoms with Crippen LogP contribution in [0, 0.1) is 0 Å². The van der Waals surface area contributed by atoms with Crippen molar-refractivity contribution in [2.24, 2.45) is 0 Å². The van der Waals surface area contributed by atoms with Crippen molar-refractivity contribution in [3.8, 4) is 5.75 Å². The molecule has 0 radical (unpaired) electrons. The van der Waals surface area contributed by atoms with Crippen molar-refractivity contribution in [1.29, 1.82) is 0 Å². The molecule has 5 rings (SSSR count). The van der Waals surface area contributed by atoms with Crippen LogP contribution in [0.3, 0.4) is 0 Å². The van der Waals surface area contributed by atoms with E-state index in [0.29, 0.717) is 11.5 Å². The van der Waals surface area contributed by atoms with E-state index in [1.54, 1.807) is 43.7 Å². The summed E-state index contributed by atoms with van der Waals surface area (Å²) in [7, 11) is 1.68. The number of amides is 1. The van der Waals surface area contributed by atoms with Gasteiger partial charge in [-0.2, -0.15) is 5.10 Å². The number of methoxy groups -OCH3 is 1. The first-order chi connectivity index (χ1) is 17.6. The maximum absolute atomic E-state index is 12.5. The van der Waals surface area contributed by atoms with Gasteiger partial charge < -0.3 is 28.7 Å². The fourth-order valence-corrected chi connectivity index (χ4v) is 4.19. The van der Waals surface area contributed by atoms with Gasteiger partial charge in [0.15, 0.2) is 5.76 Å². The lowest BCUT2D eigenvalue weighted by molar-refractivity contribution is 0.0918. The molecule has 1 aliphatic heterocycles. The number of hydrogen-bond donors (Lipinski definition) is 1. The molecule has 36 heavy (non-hydrogen) atoms. The summed E-state index contributed by atoms with van der Waals surface area (Å²) in [5, 5.41) is 7.30. The Labute approximate surface area is 207 Å². The highest BCUT2D eigenvalue weighted by molar-refractivity contribution is 5.91. The summed E-state index contributed by atoms with van der Waals surface area (Å²) < 4.78 is 17.7. The maximum atomic E-state index is 12.5. The van der Waals surface area contributed by atoms with Gasteiger partial charge in [0.1, 0.15) is 29.6 Å². The number of aromatic nitrogens is 2. The molecule has 186 valence electrons. The van der Waals surface area contributed by atoms with Crippen LogP contribution in [0.5, 0.6) is 5.75 Å². The van der Waals surface area contributed by atoms with Crippen molar-refractivity contribution in [3.05, 3.63) is 94.6 Å². The van der Waals surface area contributed by atoms with Crippen LogP contribution in [0.15, 0.2) is 80.6 Å². The minimum absolute atomic E-state index is 0.124. The van der Waals surface area contributed by atoms with Gasteiger partial charge in [0.05, 0.1) is 25.6 Å². The number of anilines is 2. The summed E-state index contributed by atoms with van der Waals surface area (Å²) in [5.74, 6) is 2.48. The lowest BCUT2D eigenvalue weighted by Crippen LogP contribution is -2.47. The van der Waals surface area contributed by atoms with Gasteiger partial charge in [-0.15, -0.1) is 0 Å². The van der Waals surface area contributed by atoms with E-state index in [0.717, 1.165) is 43.4 Å². The average molecular weight is 490 g/mol. The fourth-order valence-electron chi connectivity index (χ4n) is 4.19. The molecule has 3 aromatic heterocycles. The van der Waals surface area contributed by atoms with Gasteiger partial charge in [-0.1, -0.05) is 12.1 Å². The lowest BCUT2D eigenvalue weighted by Gasteiger charge is -2.37. The van der Waals surface area contributed by atoms with E-state index >= 15 is 0 Å². The zero-order valence-electron chi connectivity index (χ0n) is 19.9. The third-order valence-electron chi connectivity index (χ3n) is 6.08. The number of rotatable bonds is 8. The van der Waals surface area contributed by atoms with E-state index in [-0.39, 0.29) is 30.3 Å². The second-order valence-corrected chi connectivity index (χ2v) is 8.36. The Morgan fingerprint density at radius 2 is 1.78 bits per heavy atom. The van der Waals surface area contributed by atoms with Crippen LogP contribution in [-0.4, -0.2) is 49.0 Å². The molecule has 0 bridgehead atoms. The first-order valence-electron chi connectivity index (χ1n) is 11.7. The minimum atomic E-state index is -0.361. The molecule has 0 saturated carbocycles. The Hall–Kier alpha value is -4.47. The molecular formula is C26H27N5O5. The van der Waals surface area contributed by atoms with Crippen LogP contribution in [0.4, 0.5) is 11.5 Å². The zero-order valence-corrected chi connectivity index (χ0v) is 19.9. The molecule has 1 amide bonds.